The fourth-order valence-electron chi connectivity index (χ4n) is 1.62. The molecule has 0 amide bonds. The third-order valence-electron chi connectivity index (χ3n) is 2.11. The largest absolute Gasteiger partial charge is 0.0843 e. The Kier molecular flexibility index (Phi) is 1.65. The first-order valence-corrected chi connectivity index (χ1v) is 4.27. The van der Waals surface area contributed by atoms with Crippen LogP contribution in [0, 0.1) is 12.3 Å². The second-order valence-electron chi connectivity index (χ2n) is 3.19. The van der Waals surface area contributed by atoms with Crippen molar-refractivity contribution < 1.29 is 0 Å². The first-order chi connectivity index (χ1) is 5.25. The summed E-state index contributed by atoms with van der Waals surface area (Å²) < 4.78 is 0. The van der Waals surface area contributed by atoms with Crippen LogP contribution in [0.3, 0.4) is 0 Å². The van der Waals surface area contributed by atoms with Crippen LogP contribution in [0.4, 0.5) is 0 Å². The summed E-state index contributed by atoms with van der Waals surface area (Å²) >= 11 is 5.85. The molecule has 11 heavy (non-hydrogen) atoms. The van der Waals surface area contributed by atoms with E-state index in [1.54, 1.807) is 0 Å². The second-order valence-corrected chi connectivity index (χ2v) is 3.63. The van der Waals surface area contributed by atoms with E-state index in [4.69, 9.17) is 11.6 Å². The van der Waals surface area contributed by atoms with E-state index in [1.807, 2.05) is 12.1 Å². The molecule has 0 saturated carbocycles. The fourth-order valence-corrected chi connectivity index (χ4v) is 1.80. The molecule has 2 rings (SSSR count). The molecule has 0 fully saturated rings. The summed E-state index contributed by atoms with van der Waals surface area (Å²) in [5, 5.41) is 0.842. The van der Waals surface area contributed by atoms with Crippen molar-refractivity contribution in [3.8, 4) is 0 Å². The number of halogens is 1. The van der Waals surface area contributed by atoms with E-state index in [2.05, 4.69) is 19.4 Å². The maximum absolute atomic E-state index is 5.85. The summed E-state index contributed by atoms with van der Waals surface area (Å²) in [6.07, 6.45) is 3.45. The summed E-state index contributed by atoms with van der Waals surface area (Å²) in [6.45, 7) is 2.23. The van der Waals surface area contributed by atoms with Gasteiger partial charge in [-0.2, -0.15) is 0 Å². The molecule has 1 unspecified atom stereocenters. The maximum atomic E-state index is 5.85. The van der Waals surface area contributed by atoms with Gasteiger partial charge in [0.15, 0.2) is 0 Å². The molecular weight excluding hydrogens is 156 g/mol. The summed E-state index contributed by atoms with van der Waals surface area (Å²) in [5.74, 6) is 0.684. The third-order valence-corrected chi connectivity index (χ3v) is 2.35. The molecule has 0 N–H and O–H groups in total. The average Bonchev–Trinajstić information content (AvgIpc) is 2.27. The molecule has 0 aromatic heterocycles. The van der Waals surface area contributed by atoms with E-state index in [-0.39, 0.29) is 0 Å². The molecular formula is C10H10Cl. The Hall–Kier alpha value is -0.490. The van der Waals surface area contributed by atoms with Gasteiger partial charge in [0.1, 0.15) is 0 Å². The predicted molar refractivity (Wildman–Crippen MR) is 47.7 cm³/mol. The van der Waals surface area contributed by atoms with Gasteiger partial charge in [-0.25, -0.2) is 0 Å². The quantitative estimate of drug-likeness (QED) is 0.554. The molecule has 1 atom stereocenters. The smallest absolute Gasteiger partial charge is 0.0409 e. The minimum atomic E-state index is 0.684. The van der Waals surface area contributed by atoms with E-state index < -0.39 is 0 Å². The first-order valence-electron chi connectivity index (χ1n) is 3.89. The van der Waals surface area contributed by atoms with Crippen molar-refractivity contribution in [2.75, 3.05) is 0 Å². The maximum Gasteiger partial charge on any atom is 0.0409 e. The van der Waals surface area contributed by atoms with Gasteiger partial charge >= 0.3 is 0 Å². The minimum absolute atomic E-state index is 0.684. The van der Waals surface area contributed by atoms with Gasteiger partial charge in [-0.15, -0.1) is 0 Å². The first kappa shape index (κ1) is 7.17. The molecule has 1 aliphatic carbocycles. The molecule has 1 aromatic rings. The molecule has 0 saturated heterocycles. The number of fused-ring (bicyclic) bond motifs is 1. The number of hydrogen-bond donors (Lipinski definition) is 0. The lowest BCUT2D eigenvalue weighted by molar-refractivity contribution is 0.726. The highest BCUT2D eigenvalue weighted by molar-refractivity contribution is 6.30. The van der Waals surface area contributed by atoms with E-state index in [0.29, 0.717) is 5.92 Å². The minimum Gasteiger partial charge on any atom is -0.0843 e. The van der Waals surface area contributed by atoms with Gasteiger partial charge in [-0.05, 0) is 42.0 Å². The number of benzene rings is 1. The van der Waals surface area contributed by atoms with Crippen LogP contribution in [-0.4, -0.2) is 0 Å². The van der Waals surface area contributed by atoms with Gasteiger partial charge in [0.05, 0.1) is 0 Å². The van der Waals surface area contributed by atoms with Crippen molar-refractivity contribution in [2.45, 2.75) is 13.3 Å². The van der Waals surface area contributed by atoms with Crippen LogP contribution >= 0.6 is 11.6 Å². The van der Waals surface area contributed by atoms with E-state index >= 15 is 0 Å². The summed E-state index contributed by atoms with van der Waals surface area (Å²) in [7, 11) is 0. The van der Waals surface area contributed by atoms with Gasteiger partial charge in [-0.1, -0.05) is 24.6 Å². The zero-order valence-electron chi connectivity index (χ0n) is 6.47. The van der Waals surface area contributed by atoms with Crippen LogP contribution in [-0.2, 0) is 6.42 Å². The average molecular weight is 166 g/mol. The molecule has 0 bridgehead atoms. The summed E-state index contributed by atoms with van der Waals surface area (Å²) in [5.41, 5.74) is 2.76. The molecule has 1 aliphatic rings. The van der Waals surface area contributed by atoms with Gasteiger partial charge in [0, 0.05) is 5.02 Å². The van der Waals surface area contributed by atoms with Crippen LogP contribution in [0.1, 0.15) is 18.1 Å². The van der Waals surface area contributed by atoms with Crippen LogP contribution in [0.2, 0.25) is 5.02 Å². The number of hydrogen-bond acceptors (Lipinski definition) is 0. The molecule has 57 valence electrons. The predicted octanol–water partition coefficient (Wildman–Crippen LogP) is 3.08. The van der Waals surface area contributed by atoms with Crippen molar-refractivity contribution >= 4 is 11.6 Å². The third kappa shape index (κ3) is 1.28. The highest BCUT2D eigenvalue weighted by atomic mass is 35.5. The molecule has 0 heterocycles. The molecule has 0 spiro atoms. The van der Waals surface area contributed by atoms with E-state index in [9.17, 15) is 0 Å². The molecule has 1 radical (unpaired) electrons. The Morgan fingerprint density at radius 1 is 1.45 bits per heavy atom. The molecule has 0 nitrogen and oxygen atoms in total. The van der Waals surface area contributed by atoms with Gasteiger partial charge in [0.25, 0.3) is 0 Å². The standard InChI is InChI=1S/C10H10Cl/c1-7-4-8-2-3-10(11)6-9(8)5-7/h2-3,5-7H,4H2,1H3. The number of rotatable bonds is 0. The Labute approximate surface area is 72.2 Å². The normalized spacial score (nSPS) is 21.8. The molecule has 1 aromatic carbocycles. The van der Waals surface area contributed by atoms with E-state index in [0.717, 1.165) is 5.02 Å². The Balaban J connectivity index is 2.43. The summed E-state index contributed by atoms with van der Waals surface area (Å²) in [6, 6.07) is 6.13. The molecule has 1 heteroatoms. The van der Waals surface area contributed by atoms with Crippen molar-refractivity contribution in [3.63, 3.8) is 0 Å². The van der Waals surface area contributed by atoms with Crippen molar-refractivity contribution in [1.29, 1.82) is 0 Å². The Morgan fingerprint density at radius 2 is 2.27 bits per heavy atom. The Morgan fingerprint density at radius 3 is 3.09 bits per heavy atom. The lowest BCUT2D eigenvalue weighted by Crippen LogP contribution is -1.86. The lowest BCUT2D eigenvalue weighted by Gasteiger charge is -1.96. The van der Waals surface area contributed by atoms with Gasteiger partial charge < -0.3 is 0 Å². The van der Waals surface area contributed by atoms with Gasteiger partial charge in [0.2, 0.25) is 0 Å². The van der Waals surface area contributed by atoms with Crippen LogP contribution in [0.25, 0.3) is 0 Å². The highest BCUT2D eigenvalue weighted by Crippen LogP contribution is 2.29. The SMILES string of the molecule is CC1[CH]c2cc(Cl)ccc2C1. The van der Waals surface area contributed by atoms with Crippen molar-refractivity contribution in [3.05, 3.63) is 40.8 Å². The summed E-state index contributed by atoms with van der Waals surface area (Å²) in [4.78, 5) is 0. The van der Waals surface area contributed by atoms with Crippen molar-refractivity contribution in [1.82, 2.24) is 0 Å². The van der Waals surface area contributed by atoms with E-state index in [1.165, 1.54) is 17.5 Å². The van der Waals surface area contributed by atoms with Crippen molar-refractivity contribution in [2.24, 2.45) is 5.92 Å². The van der Waals surface area contributed by atoms with Crippen LogP contribution < -0.4 is 0 Å². The monoisotopic (exact) mass is 165 g/mol. The Bertz CT molecular complexity index is 278. The highest BCUT2D eigenvalue weighted by Gasteiger charge is 2.17. The van der Waals surface area contributed by atoms with Gasteiger partial charge in [-0.3, -0.25) is 0 Å². The van der Waals surface area contributed by atoms with Crippen LogP contribution in [0.5, 0.6) is 0 Å². The zero-order valence-corrected chi connectivity index (χ0v) is 7.23. The topological polar surface area (TPSA) is 0 Å². The fraction of sp³-hybridized carbons (Fsp3) is 0.300. The lowest BCUT2D eigenvalue weighted by atomic mass is 10.1. The molecule has 0 aliphatic heterocycles. The zero-order chi connectivity index (χ0) is 7.84. The van der Waals surface area contributed by atoms with Crippen LogP contribution in [0.15, 0.2) is 18.2 Å². The second kappa shape index (κ2) is 2.53.